The molecule has 0 spiro atoms. The molecule has 1 aliphatic rings. The first-order valence-corrected chi connectivity index (χ1v) is 10.6. The number of aromatic nitrogens is 4. The van der Waals surface area contributed by atoms with Gasteiger partial charge in [-0.1, -0.05) is 6.58 Å². The Hall–Kier alpha value is -4.40. The summed E-state index contributed by atoms with van der Waals surface area (Å²) >= 11 is 0. The molecule has 180 valence electrons. The van der Waals surface area contributed by atoms with Crippen LogP contribution in [-0.2, 0) is 15.8 Å². The van der Waals surface area contributed by atoms with Crippen LogP contribution in [-0.4, -0.2) is 49.6 Å². The minimum Gasteiger partial charge on any atom is -0.383 e. The van der Waals surface area contributed by atoms with Crippen molar-refractivity contribution in [2.75, 3.05) is 24.1 Å². The van der Waals surface area contributed by atoms with Gasteiger partial charge in [0.2, 0.25) is 5.91 Å². The number of fused-ring (bicyclic) bond motifs is 1. The molecule has 3 N–H and O–H groups in total. The van der Waals surface area contributed by atoms with Gasteiger partial charge in [-0.3, -0.25) is 9.59 Å². The first-order valence-electron chi connectivity index (χ1n) is 10.6. The molecule has 1 atom stereocenters. The molecule has 0 radical (unpaired) electrons. The Kier molecular flexibility index (Phi) is 6.42. The number of hydrogen-bond donors (Lipinski definition) is 2. The molecule has 9 nitrogen and oxygen atoms in total. The maximum Gasteiger partial charge on any atom is 0.416 e. The van der Waals surface area contributed by atoms with Crippen molar-refractivity contribution < 1.29 is 22.8 Å². The first kappa shape index (κ1) is 23.7. The molecule has 2 aromatic heterocycles. The Morgan fingerprint density at radius 1 is 1.23 bits per heavy atom. The lowest BCUT2D eigenvalue weighted by molar-refractivity contribution is -0.137. The van der Waals surface area contributed by atoms with Crippen molar-refractivity contribution in [2.24, 2.45) is 0 Å². The molecular weight excluding hydrogens is 463 g/mol. The number of nitrogens with two attached hydrogens (primary N) is 1. The molecule has 1 aliphatic heterocycles. The number of rotatable bonds is 3. The summed E-state index contributed by atoms with van der Waals surface area (Å²) in [7, 11) is 0. The van der Waals surface area contributed by atoms with Gasteiger partial charge in [0.05, 0.1) is 17.0 Å². The normalized spacial score (nSPS) is 15.9. The number of anilines is 2. The van der Waals surface area contributed by atoms with Gasteiger partial charge in [-0.2, -0.15) is 18.3 Å². The zero-order valence-electron chi connectivity index (χ0n) is 18.3. The lowest BCUT2D eigenvalue weighted by Crippen LogP contribution is -2.40. The largest absolute Gasteiger partial charge is 0.416 e. The van der Waals surface area contributed by atoms with E-state index >= 15 is 0 Å². The number of nitrogens with zero attached hydrogens (tertiary/aromatic N) is 5. The third-order valence-electron chi connectivity index (χ3n) is 5.51. The van der Waals surface area contributed by atoms with E-state index in [1.807, 2.05) is 0 Å². The number of likely N-dealkylation sites (tertiary alicyclic amines) is 1. The minimum atomic E-state index is -4.47. The fourth-order valence-electron chi connectivity index (χ4n) is 3.84. The molecule has 1 fully saturated rings. The quantitative estimate of drug-likeness (QED) is 0.437. The van der Waals surface area contributed by atoms with Crippen molar-refractivity contribution in [3.8, 4) is 11.8 Å². The second kappa shape index (κ2) is 9.46. The molecule has 0 bridgehead atoms. The van der Waals surface area contributed by atoms with E-state index < -0.39 is 17.6 Å². The molecule has 0 aliphatic carbocycles. The highest BCUT2D eigenvalue weighted by molar-refractivity contribution is 6.05. The summed E-state index contributed by atoms with van der Waals surface area (Å²) in [5.41, 5.74) is 5.96. The van der Waals surface area contributed by atoms with Crippen molar-refractivity contribution >= 4 is 34.4 Å². The Morgan fingerprint density at radius 3 is 2.66 bits per heavy atom. The van der Waals surface area contributed by atoms with Gasteiger partial charge < -0.3 is 16.0 Å². The lowest BCUT2D eigenvalue weighted by Gasteiger charge is -2.32. The summed E-state index contributed by atoms with van der Waals surface area (Å²) in [6.45, 7) is 4.53. The number of benzene rings is 1. The summed E-state index contributed by atoms with van der Waals surface area (Å²) in [6, 6.07) is 3.80. The summed E-state index contributed by atoms with van der Waals surface area (Å²) in [6.07, 6.45) is -0.431. The number of alkyl halides is 3. The molecule has 3 aromatic rings. The van der Waals surface area contributed by atoms with E-state index in [2.05, 4.69) is 38.8 Å². The van der Waals surface area contributed by atoms with E-state index in [9.17, 15) is 22.8 Å². The molecule has 1 aromatic carbocycles. The Labute approximate surface area is 197 Å². The van der Waals surface area contributed by atoms with Gasteiger partial charge in [0.1, 0.15) is 17.8 Å². The molecule has 12 heteroatoms. The highest BCUT2D eigenvalue weighted by Crippen LogP contribution is 2.30. The Morgan fingerprint density at radius 2 is 1.97 bits per heavy atom. The number of hydrogen-bond acceptors (Lipinski definition) is 6. The van der Waals surface area contributed by atoms with Crippen LogP contribution in [0.1, 0.15) is 30.1 Å². The van der Waals surface area contributed by atoms with Gasteiger partial charge in [-0.15, -0.1) is 0 Å². The summed E-state index contributed by atoms with van der Waals surface area (Å²) in [4.78, 5) is 34.3. The number of nitrogens with one attached hydrogen (secondary N) is 1. The number of piperidine rings is 1. The maximum absolute atomic E-state index is 12.7. The molecule has 1 saturated heterocycles. The topological polar surface area (TPSA) is 119 Å². The zero-order valence-corrected chi connectivity index (χ0v) is 18.3. The van der Waals surface area contributed by atoms with Gasteiger partial charge in [-0.05, 0) is 49.1 Å². The van der Waals surface area contributed by atoms with E-state index in [0.717, 1.165) is 37.1 Å². The van der Waals surface area contributed by atoms with Crippen LogP contribution in [0.2, 0.25) is 0 Å². The van der Waals surface area contributed by atoms with Gasteiger partial charge >= 0.3 is 12.1 Å². The van der Waals surface area contributed by atoms with Crippen molar-refractivity contribution in [2.45, 2.75) is 25.1 Å². The zero-order chi connectivity index (χ0) is 25.2. The van der Waals surface area contributed by atoms with Crippen LogP contribution < -0.4 is 11.1 Å². The monoisotopic (exact) mass is 483 g/mol. The van der Waals surface area contributed by atoms with E-state index in [4.69, 9.17) is 5.73 Å². The average Bonchev–Trinajstić information content (AvgIpc) is 3.22. The van der Waals surface area contributed by atoms with E-state index in [1.54, 1.807) is 9.58 Å². The number of nitrogen functional groups attached to an aromatic ring is 1. The highest BCUT2D eigenvalue weighted by atomic mass is 19.4. The fraction of sp³-hybridized carbons (Fsp3) is 0.261. The molecule has 0 unspecified atom stereocenters. The first-order chi connectivity index (χ1) is 16.7. The average molecular weight is 483 g/mol. The van der Waals surface area contributed by atoms with E-state index in [-0.39, 0.29) is 29.1 Å². The van der Waals surface area contributed by atoms with Crippen LogP contribution in [0.3, 0.4) is 0 Å². The minimum absolute atomic E-state index is 0.128. The lowest BCUT2D eigenvalue weighted by atomic mass is 10.1. The smallest absolute Gasteiger partial charge is 0.383 e. The van der Waals surface area contributed by atoms with Crippen LogP contribution in [0.15, 0.2) is 43.2 Å². The van der Waals surface area contributed by atoms with E-state index in [1.165, 1.54) is 12.4 Å². The number of amides is 2. The SMILES string of the molecule is C=CC(=O)N1CCC[C@@H](n2nc(C#CC(=O)Nc3ccc(C(F)(F)F)cc3)c3c(N)ncnc32)C1. The number of carbonyl (C=O) groups is 2. The third kappa shape index (κ3) is 5.08. The van der Waals surface area contributed by atoms with Crippen LogP contribution in [0, 0.1) is 11.8 Å². The molecule has 35 heavy (non-hydrogen) atoms. The summed E-state index contributed by atoms with van der Waals surface area (Å²) in [5, 5.41) is 7.29. The van der Waals surface area contributed by atoms with Crippen molar-refractivity contribution in [3.05, 3.63) is 54.5 Å². The predicted molar refractivity (Wildman–Crippen MR) is 122 cm³/mol. The third-order valence-corrected chi connectivity index (χ3v) is 5.51. The second-order valence-corrected chi connectivity index (χ2v) is 7.81. The number of carbonyl (C=O) groups excluding carboxylic acids is 2. The fourth-order valence-corrected chi connectivity index (χ4v) is 3.84. The molecule has 4 rings (SSSR count). The van der Waals surface area contributed by atoms with Crippen LogP contribution in [0.4, 0.5) is 24.7 Å². The number of halogens is 3. The van der Waals surface area contributed by atoms with Crippen molar-refractivity contribution in [1.82, 2.24) is 24.6 Å². The summed E-state index contributed by atoms with van der Waals surface area (Å²) < 4.78 is 39.7. The maximum atomic E-state index is 12.7. The molecular formula is C23H20F3N7O2. The highest BCUT2D eigenvalue weighted by Gasteiger charge is 2.30. The van der Waals surface area contributed by atoms with Crippen molar-refractivity contribution in [1.29, 1.82) is 0 Å². The van der Waals surface area contributed by atoms with Gasteiger partial charge in [0, 0.05) is 24.7 Å². The van der Waals surface area contributed by atoms with Crippen LogP contribution >= 0.6 is 0 Å². The molecule has 2 amide bonds. The van der Waals surface area contributed by atoms with Crippen LogP contribution in [0.25, 0.3) is 11.0 Å². The Bertz CT molecular complexity index is 1350. The van der Waals surface area contributed by atoms with E-state index in [0.29, 0.717) is 24.1 Å². The summed E-state index contributed by atoms with van der Waals surface area (Å²) in [5.74, 6) is 4.24. The van der Waals surface area contributed by atoms with Crippen LogP contribution in [0.5, 0.6) is 0 Å². The Balaban J connectivity index is 1.59. The predicted octanol–water partition coefficient (Wildman–Crippen LogP) is 2.77. The van der Waals surface area contributed by atoms with Crippen molar-refractivity contribution in [3.63, 3.8) is 0 Å². The van der Waals surface area contributed by atoms with Gasteiger partial charge in [0.15, 0.2) is 5.65 Å². The molecule has 0 saturated carbocycles. The van der Waals surface area contributed by atoms with Gasteiger partial charge in [-0.25, -0.2) is 14.6 Å². The second-order valence-electron chi connectivity index (χ2n) is 7.81. The van der Waals surface area contributed by atoms with Gasteiger partial charge in [0.25, 0.3) is 0 Å². The standard InChI is InChI=1S/C23H20F3N7O2/c1-2-19(35)32-11-3-4-16(12-32)33-22-20(21(27)28-13-29-22)17(31-33)9-10-18(34)30-15-7-5-14(6-8-15)23(24,25)26/h2,5-8,13,16H,1,3-4,11-12H2,(H,30,34)(H2,27,28,29)/t16-/m1/s1. The molecule has 3 heterocycles.